The number of nitrogens with two attached hydrogens (primary N) is 2. The van der Waals surface area contributed by atoms with Crippen LogP contribution in [0.5, 0.6) is 0 Å². The highest BCUT2D eigenvalue weighted by atomic mass is 16.2. The van der Waals surface area contributed by atoms with Gasteiger partial charge in [0.15, 0.2) is 11.6 Å². The van der Waals surface area contributed by atoms with Gasteiger partial charge in [0.25, 0.3) is 11.1 Å². The first-order chi connectivity index (χ1) is 23.4. The van der Waals surface area contributed by atoms with Crippen molar-refractivity contribution in [3.05, 3.63) is 103 Å². The maximum atomic E-state index is 11.2. The molecule has 16 nitrogen and oxygen atoms in total. The van der Waals surface area contributed by atoms with E-state index in [0.717, 1.165) is 38.8 Å². The second kappa shape index (κ2) is 24.2. The Morgan fingerprint density at radius 2 is 0.920 bits per heavy atom. The zero-order chi connectivity index (χ0) is 39.0. The number of hydrogen-bond acceptors (Lipinski definition) is 14. The predicted molar refractivity (Wildman–Crippen MR) is 180 cm³/mol. The van der Waals surface area contributed by atoms with Crippen molar-refractivity contribution < 1.29 is 38.4 Å². The number of rotatable bonds is 1. The number of benzene rings is 3. The van der Waals surface area contributed by atoms with Crippen LogP contribution in [0.15, 0.2) is 64.2 Å². The molecule has 5 rings (SSSR count). The van der Waals surface area contributed by atoms with Gasteiger partial charge in [-0.3, -0.25) is 19.2 Å². The summed E-state index contributed by atoms with van der Waals surface area (Å²) in [5.41, 5.74) is 19.7. The van der Waals surface area contributed by atoms with Gasteiger partial charge < -0.3 is 21.4 Å². The number of aromatic nitrogens is 4. The summed E-state index contributed by atoms with van der Waals surface area (Å²) in [4.78, 5) is 105. The van der Waals surface area contributed by atoms with E-state index in [1.165, 1.54) is 13.8 Å². The molecular formula is C34H36N6O10. The van der Waals surface area contributed by atoms with Crippen LogP contribution < -0.4 is 22.6 Å². The number of H-pyrrole nitrogens is 2. The van der Waals surface area contributed by atoms with Gasteiger partial charge in [-0.1, -0.05) is 18.2 Å². The van der Waals surface area contributed by atoms with Gasteiger partial charge in [-0.2, -0.15) is 28.8 Å². The van der Waals surface area contributed by atoms with Crippen LogP contribution in [0.1, 0.15) is 41.9 Å². The largest absolute Gasteiger partial charge is 0.397 e. The SMILES string of the molecule is CC(=O)C(C)=O.Cc1ccc(N)c(N)c1.Cc1ccc2[nH]c(=O)c(C)nc2c1.Cc1ccc2nc(C)c(=O)[nH]c2c1.O=C=O.O=C=O.O=C=O. The molecule has 0 bridgehead atoms. The van der Waals surface area contributed by atoms with E-state index < -0.39 is 0 Å². The van der Waals surface area contributed by atoms with Crippen molar-refractivity contribution >= 4 is 63.5 Å². The van der Waals surface area contributed by atoms with Gasteiger partial charge >= 0.3 is 18.5 Å². The second-order valence-electron chi connectivity index (χ2n) is 9.84. The van der Waals surface area contributed by atoms with E-state index in [0.29, 0.717) is 22.8 Å². The highest BCUT2D eigenvalue weighted by Crippen LogP contribution is 2.14. The first kappa shape index (κ1) is 45.1. The number of aryl methyl sites for hydroxylation is 5. The number of carbonyl (C=O) groups excluding carboxylic acids is 8. The number of hydrogen-bond donors (Lipinski definition) is 4. The van der Waals surface area contributed by atoms with Crippen molar-refractivity contribution in [2.24, 2.45) is 0 Å². The fourth-order valence-electron chi connectivity index (χ4n) is 3.27. The Morgan fingerprint density at radius 1 is 0.540 bits per heavy atom. The molecule has 0 atom stereocenters. The molecule has 0 amide bonds. The topological polar surface area (TPSA) is 280 Å². The molecule has 50 heavy (non-hydrogen) atoms. The van der Waals surface area contributed by atoms with Crippen LogP contribution in [-0.4, -0.2) is 50.0 Å². The van der Waals surface area contributed by atoms with Gasteiger partial charge in [0, 0.05) is 13.8 Å². The summed E-state index contributed by atoms with van der Waals surface area (Å²) in [6.45, 7) is 11.9. The number of nitrogen functional groups attached to an aromatic ring is 2. The molecule has 0 aliphatic rings. The molecule has 0 saturated carbocycles. The quantitative estimate of drug-likeness (QED) is 0.146. The zero-order valence-corrected chi connectivity index (χ0v) is 28.3. The molecule has 0 aliphatic heterocycles. The molecule has 0 radical (unpaired) electrons. The Bertz CT molecular complexity index is 2080. The van der Waals surface area contributed by atoms with Crippen LogP contribution in [0, 0.1) is 34.6 Å². The Kier molecular flexibility index (Phi) is 21.9. The summed E-state index contributed by atoms with van der Waals surface area (Å²) in [5, 5.41) is 0. The Labute approximate surface area is 284 Å². The number of anilines is 2. The van der Waals surface area contributed by atoms with Gasteiger partial charge in [0.05, 0.1) is 33.4 Å². The summed E-state index contributed by atoms with van der Waals surface area (Å²) in [7, 11) is 0. The normalized spacial score (nSPS) is 8.62. The molecule has 0 unspecified atom stereocenters. The first-order valence-corrected chi connectivity index (χ1v) is 14.0. The molecule has 0 saturated heterocycles. The summed E-state index contributed by atoms with van der Waals surface area (Å²) in [5.74, 6) is -0.759. The predicted octanol–water partition coefficient (Wildman–Crippen LogP) is 2.65. The van der Waals surface area contributed by atoms with E-state index in [9.17, 15) is 19.2 Å². The summed E-state index contributed by atoms with van der Waals surface area (Å²) >= 11 is 0. The fraction of sp³-hybridized carbons (Fsp3) is 0.206. The summed E-state index contributed by atoms with van der Waals surface area (Å²) in [6, 6.07) is 17.2. The number of ketones is 2. The summed E-state index contributed by atoms with van der Waals surface area (Å²) < 4.78 is 0. The fourth-order valence-corrected chi connectivity index (χ4v) is 3.27. The maximum Gasteiger partial charge on any atom is 0.373 e. The summed E-state index contributed by atoms with van der Waals surface area (Å²) in [6.07, 6.45) is 0.750. The highest BCUT2D eigenvalue weighted by Gasteiger charge is 2.00. The van der Waals surface area contributed by atoms with Gasteiger partial charge in [0.2, 0.25) is 0 Å². The molecule has 0 fully saturated rings. The molecule has 262 valence electrons. The minimum Gasteiger partial charge on any atom is -0.397 e. The van der Waals surface area contributed by atoms with Crippen molar-refractivity contribution in [1.29, 1.82) is 0 Å². The molecule has 5 aromatic rings. The van der Waals surface area contributed by atoms with Crippen LogP contribution in [0.4, 0.5) is 11.4 Å². The minimum atomic E-state index is -0.380. The molecule has 16 heteroatoms. The monoisotopic (exact) mass is 688 g/mol. The van der Waals surface area contributed by atoms with E-state index in [1.807, 2.05) is 75.4 Å². The van der Waals surface area contributed by atoms with E-state index in [-0.39, 0.29) is 41.1 Å². The Morgan fingerprint density at radius 3 is 1.36 bits per heavy atom. The Hall–Kier alpha value is -6.98. The van der Waals surface area contributed by atoms with Gasteiger partial charge in [-0.15, -0.1) is 0 Å². The third kappa shape index (κ3) is 18.2. The van der Waals surface area contributed by atoms with Crippen LogP contribution in [0.2, 0.25) is 0 Å². The molecular weight excluding hydrogens is 652 g/mol. The molecule has 3 aromatic carbocycles. The van der Waals surface area contributed by atoms with Crippen LogP contribution in [0.3, 0.4) is 0 Å². The van der Waals surface area contributed by atoms with Gasteiger partial charge in [-0.05, 0) is 87.7 Å². The first-order valence-electron chi connectivity index (χ1n) is 14.0. The van der Waals surface area contributed by atoms with Crippen molar-refractivity contribution in [2.75, 3.05) is 11.5 Å². The third-order valence-electron chi connectivity index (χ3n) is 5.77. The molecule has 0 spiro atoms. The lowest BCUT2D eigenvalue weighted by molar-refractivity contribution is -0.193. The maximum absolute atomic E-state index is 11.2. The number of aromatic amines is 2. The average molecular weight is 689 g/mol. The van der Waals surface area contributed by atoms with Gasteiger partial charge in [0.1, 0.15) is 11.4 Å². The van der Waals surface area contributed by atoms with Crippen molar-refractivity contribution in [3.8, 4) is 0 Å². The van der Waals surface area contributed by atoms with Crippen LogP contribution in [-0.2, 0) is 38.4 Å². The molecule has 6 N–H and O–H groups in total. The molecule has 0 aliphatic carbocycles. The molecule has 2 heterocycles. The number of carbonyl (C=O) groups is 2. The standard InChI is InChI=1S/2C10H10N2O.C7H10N2.C4H6O2.3CO2/c1-6-3-4-8-9(5-6)11-7(2)10(13)12-8;1-6-3-4-8-9(5-6)12-10(13)7(2)11-8;1-5-2-3-6(8)7(9)4-5;1-3(5)4(2)6;3*2-1-3/h2*3-5H,1-2H3,(H,12,13);2-4H,8-9H2,1H3;1-2H3;;;. The third-order valence-corrected chi connectivity index (χ3v) is 5.77. The van der Waals surface area contributed by atoms with Crippen molar-refractivity contribution in [2.45, 2.75) is 48.5 Å². The molecule has 2 aromatic heterocycles. The van der Waals surface area contributed by atoms with Crippen molar-refractivity contribution in [1.82, 2.24) is 19.9 Å². The number of fused-ring (bicyclic) bond motifs is 2. The minimum absolute atomic E-state index is 0.113. The smallest absolute Gasteiger partial charge is 0.373 e. The van der Waals surface area contributed by atoms with Crippen LogP contribution in [0.25, 0.3) is 22.1 Å². The highest BCUT2D eigenvalue weighted by molar-refractivity contribution is 6.35. The van der Waals surface area contributed by atoms with E-state index in [4.69, 9.17) is 40.2 Å². The zero-order valence-electron chi connectivity index (χ0n) is 28.3. The van der Waals surface area contributed by atoms with Crippen molar-refractivity contribution in [3.63, 3.8) is 0 Å². The van der Waals surface area contributed by atoms with E-state index in [2.05, 4.69) is 19.9 Å². The second-order valence-corrected chi connectivity index (χ2v) is 9.84. The number of Topliss-reactive ketones (excluding diaryl/α,β-unsaturated/α-hetero) is 2. The van der Waals surface area contributed by atoms with Crippen LogP contribution >= 0.6 is 0 Å². The van der Waals surface area contributed by atoms with Gasteiger partial charge in [-0.25, -0.2) is 9.97 Å². The van der Waals surface area contributed by atoms with E-state index in [1.54, 1.807) is 13.8 Å². The number of nitrogens with zero attached hydrogens (tertiary/aromatic N) is 2. The number of nitrogens with one attached hydrogen (secondary N) is 2. The lowest BCUT2D eigenvalue weighted by Gasteiger charge is -1.99. The average Bonchev–Trinajstić information content (AvgIpc) is 3.03. The van der Waals surface area contributed by atoms with E-state index >= 15 is 0 Å². The lowest BCUT2D eigenvalue weighted by Crippen LogP contribution is -2.11. The lowest BCUT2D eigenvalue weighted by atomic mass is 10.2. The Balaban J connectivity index is 0.